The van der Waals surface area contributed by atoms with Crippen molar-refractivity contribution in [3.05, 3.63) is 40.9 Å². The Hall–Kier alpha value is -1.06. The number of carbonyl (C=O) groups is 1. The van der Waals surface area contributed by atoms with E-state index in [1.807, 2.05) is 24.3 Å². The first-order valence-corrected chi connectivity index (χ1v) is 5.39. The summed E-state index contributed by atoms with van der Waals surface area (Å²) in [6, 6.07) is 11.2. The fourth-order valence-electron chi connectivity index (χ4n) is 1.35. The Morgan fingerprint density at radius 3 is 2.60 bits per heavy atom. The van der Waals surface area contributed by atoms with Gasteiger partial charge in [0.25, 0.3) is 0 Å². The number of hydrogen-bond donors (Lipinski definition) is 0. The standard InChI is InChI=1S/C11H6BrClO2/c12-9-3-1-7-2-4-10(15-11(13)14)6-8(7)5-9/h1-6H. The topological polar surface area (TPSA) is 26.3 Å². The smallest absolute Gasteiger partial charge is 0.409 e. The van der Waals surface area contributed by atoms with Crippen molar-refractivity contribution in [2.75, 3.05) is 0 Å². The molecule has 0 amide bonds. The molecule has 0 radical (unpaired) electrons. The van der Waals surface area contributed by atoms with Crippen molar-refractivity contribution in [2.45, 2.75) is 0 Å². The molecule has 0 aliphatic rings. The number of hydrogen-bond acceptors (Lipinski definition) is 2. The van der Waals surface area contributed by atoms with E-state index in [4.69, 9.17) is 16.3 Å². The molecule has 0 saturated heterocycles. The zero-order valence-corrected chi connectivity index (χ0v) is 9.88. The molecule has 0 aliphatic heterocycles. The lowest BCUT2D eigenvalue weighted by molar-refractivity contribution is 0.225. The Morgan fingerprint density at radius 2 is 1.87 bits per heavy atom. The van der Waals surface area contributed by atoms with Gasteiger partial charge in [0.05, 0.1) is 0 Å². The zero-order valence-electron chi connectivity index (χ0n) is 7.54. The lowest BCUT2D eigenvalue weighted by atomic mass is 10.1. The summed E-state index contributed by atoms with van der Waals surface area (Å²) in [5.41, 5.74) is -0.829. The zero-order chi connectivity index (χ0) is 10.8. The summed E-state index contributed by atoms with van der Waals surface area (Å²) in [4.78, 5) is 10.6. The number of ether oxygens (including phenoxy) is 1. The minimum Gasteiger partial charge on any atom is -0.414 e. The van der Waals surface area contributed by atoms with Crippen molar-refractivity contribution in [3.8, 4) is 5.75 Å². The van der Waals surface area contributed by atoms with Crippen molar-refractivity contribution >= 4 is 43.7 Å². The molecule has 0 aromatic heterocycles. The van der Waals surface area contributed by atoms with E-state index in [1.54, 1.807) is 12.1 Å². The van der Waals surface area contributed by atoms with Gasteiger partial charge in [-0.05, 0) is 35.0 Å². The first kappa shape index (κ1) is 10.5. The molecule has 0 bridgehead atoms. The van der Waals surface area contributed by atoms with Crippen molar-refractivity contribution in [3.63, 3.8) is 0 Å². The van der Waals surface area contributed by atoms with E-state index < -0.39 is 5.43 Å². The second kappa shape index (κ2) is 4.21. The molecule has 2 nitrogen and oxygen atoms in total. The van der Waals surface area contributed by atoms with E-state index in [0.717, 1.165) is 15.2 Å². The molecular weight excluding hydrogens is 279 g/mol. The molecule has 2 rings (SSSR count). The van der Waals surface area contributed by atoms with Crippen LogP contribution in [-0.4, -0.2) is 5.43 Å². The number of carbonyl (C=O) groups excluding carboxylic acids is 1. The third-order valence-corrected chi connectivity index (χ3v) is 2.54. The van der Waals surface area contributed by atoms with Crippen LogP contribution in [0.4, 0.5) is 4.79 Å². The van der Waals surface area contributed by atoms with Crippen LogP contribution < -0.4 is 4.74 Å². The normalized spacial score (nSPS) is 10.3. The van der Waals surface area contributed by atoms with E-state index in [9.17, 15) is 4.79 Å². The fourth-order valence-corrected chi connectivity index (χ4v) is 1.82. The van der Waals surface area contributed by atoms with Gasteiger partial charge in [0, 0.05) is 16.1 Å². The van der Waals surface area contributed by atoms with Gasteiger partial charge < -0.3 is 4.74 Å². The van der Waals surface area contributed by atoms with Crippen molar-refractivity contribution in [1.29, 1.82) is 0 Å². The predicted molar refractivity (Wildman–Crippen MR) is 63.5 cm³/mol. The van der Waals surface area contributed by atoms with Crippen LogP contribution in [0.5, 0.6) is 5.75 Å². The molecule has 2 aromatic carbocycles. The summed E-state index contributed by atoms with van der Waals surface area (Å²) in [5.74, 6) is 0.445. The van der Waals surface area contributed by atoms with E-state index in [2.05, 4.69) is 15.9 Å². The average Bonchev–Trinajstić information content (AvgIpc) is 2.16. The second-order valence-corrected chi connectivity index (χ2v) is 4.22. The van der Waals surface area contributed by atoms with Crippen LogP contribution in [-0.2, 0) is 0 Å². The lowest BCUT2D eigenvalue weighted by Crippen LogP contribution is -1.95. The predicted octanol–water partition coefficient (Wildman–Crippen LogP) is 4.34. The molecule has 0 fully saturated rings. The summed E-state index contributed by atoms with van der Waals surface area (Å²) in [6.07, 6.45) is 0. The van der Waals surface area contributed by atoms with E-state index in [1.165, 1.54) is 0 Å². The quantitative estimate of drug-likeness (QED) is 0.729. The number of halogens is 2. The van der Waals surface area contributed by atoms with Gasteiger partial charge in [-0.15, -0.1) is 0 Å². The maximum absolute atomic E-state index is 10.6. The molecule has 0 unspecified atom stereocenters. The van der Waals surface area contributed by atoms with Crippen LogP contribution >= 0.6 is 27.5 Å². The second-order valence-electron chi connectivity index (χ2n) is 2.99. The Balaban J connectivity index is 2.49. The third kappa shape index (κ3) is 2.49. The van der Waals surface area contributed by atoms with E-state index in [-0.39, 0.29) is 0 Å². The van der Waals surface area contributed by atoms with E-state index in [0.29, 0.717) is 5.75 Å². The minimum absolute atomic E-state index is 0.445. The first-order valence-electron chi connectivity index (χ1n) is 4.22. The fraction of sp³-hybridized carbons (Fsp3) is 0. The lowest BCUT2D eigenvalue weighted by Gasteiger charge is -2.02. The summed E-state index contributed by atoms with van der Waals surface area (Å²) < 4.78 is 5.75. The van der Waals surface area contributed by atoms with Crippen LogP contribution in [0.25, 0.3) is 10.8 Å². The monoisotopic (exact) mass is 284 g/mol. The summed E-state index contributed by atoms with van der Waals surface area (Å²) in [6.45, 7) is 0. The van der Waals surface area contributed by atoms with Crippen LogP contribution in [0, 0.1) is 0 Å². The molecule has 76 valence electrons. The SMILES string of the molecule is O=C(Cl)Oc1ccc2ccc(Br)cc2c1. The molecule has 4 heteroatoms. The average molecular weight is 286 g/mol. The molecule has 0 saturated carbocycles. The molecule has 0 aliphatic carbocycles. The maximum Gasteiger partial charge on any atom is 0.409 e. The molecule has 2 aromatic rings. The van der Waals surface area contributed by atoms with Gasteiger partial charge in [-0.1, -0.05) is 28.1 Å². The van der Waals surface area contributed by atoms with Gasteiger partial charge >= 0.3 is 5.43 Å². The molecule has 0 spiro atoms. The highest BCUT2D eigenvalue weighted by Gasteiger charge is 2.01. The molecular formula is C11H6BrClO2. The van der Waals surface area contributed by atoms with Crippen LogP contribution in [0.2, 0.25) is 0 Å². The first-order chi connectivity index (χ1) is 7.15. The van der Waals surface area contributed by atoms with Gasteiger partial charge in [-0.2, -0.15) is 0 Å². The van der Waals surface area contributed by atoms with E-state index >= 15 is 0 Å². The minimum atomic E-state index is -0.829. The van der Waals surface area contributed by atoms with Gasteiger partial charge in [0.15, 0.2) is 0 Å². The number of benzene rings is 2. The van der Waals surface area contributed by atoms with Crippen molar-refractivity contribution in [2.24, 2.45) is 0 Å². The highest BCUT2D eigenvalue weighted by molar-refractivity contribution is 9.10. The van der Waals surface area contributed by atoms with Gasteiger partial charge in [0.2, 0.25) is 0 Å². The third-order valence-electron chi connectivity index (χ3n) is 1.97. The maximum atomic E-state index is 10.6. The molecule has 0 atom stereocenters. The summed E-state index contributed by atoms with van der Waals surface area (Å²) >= 11 is 8.50. The number of fused-ring (bicyclic) bond motifs is 1. The van der Waals surface area contributed by atoms with Gasteiger partial charge in [-0.25, -0.2) is 4.79 Å². The summed E-state index contributed by atoms with van der Waals surface area (Å²) in [7, 11) is 0. The summed E-state index contributed by atoms with van der Waals surface area (Å²) in [5, 5.41) is 2.06. The van der Waals surface area contributed by atoms with Gasteiger partial charge in [0.1, 0.15) is 5.75 Å². The Labute approximate surface area is 99.9 Å². The van der Waals surface area contributed by atoms with Crippen LogP contribution in [0.1, 0.15) is 0 Å². The largest absolute Gasteiger partial charge is 0.414 e. The molecule has 0 N–H and O–H groups in total. The van der Waals surface area contributed by atoms with Crippen LogP contribution in [0.3, 0.4) is 0 Å². The Kier molecular flexibility index (Phi) is 2.93. The van der Waals surface area contributed by atoms with Crippen LogP contribution in [0.15, 0.2) is 40.9 Å². The highest BCUT2D eigenvalue weighted by Crippen LogP contribution is 2.24. The van der Waals surface area contributed by atoms with Crippen molar-refractivity contribution in [1.82, 2.24) is 0 Å². The van der Waals surface area contributed by atoms with Gasteiger partial charge in [-0.3, -0.25) is 0 Å². The Morgan fingerprint density at radius 1 is 1.13 bits per heavy atom. The number of rotatable bonds is 1. The van der Waals surface area contributed by atoms with Crippen molar-refractivity contribution < 1.29 is 9.53 Å². The molecule has 0 heterocycles. The highest BCUT2D eigenvalue weighted by atomic mass is 79.9. The molecule has 15 heavy (non-hydrogen) atoms. The Bertz CT molecular complexity index is 525.